The molecular weight excluding hydrogens is 290 g/mol. The number of benzene rings is 1. The van der Waals surface area contributed by atoms with Crippen LogP contribution in [-0.2, 0) is 9.59 Å². The molecular formula is C19H23NO3. The zero-order valence-electron chi connectivity index (χ0n) is 13.8. The van der Waals surface area contributed by atoms with E-state index in [0.29, 0.717) is 5.69 Å². The molecule has 0 aliphatic rings. The number of hydrogen-bond acceptors (Lipinski definition) is 2. The predicted octanol–water partition coefficient (Wildman–Crippen LogP) is 4.14. The standard InChI is InChI=1S/C19H23NO3/c1-6-8-14(7-2)17(19(4,5)18(22)23)15-9-11-16(12-10-15)20-13(3)21/h6-12,17H,1-2H2,3-5H3,(H,20,21)(H,22,23)/b14-8+. The summed E-state index contributed by atoms with van der Waals surface area (Å²) in [5.74, 6) is -1.44. The summed E-state index contributed by atoms with van der Waals surface area (Å²) in [6, 6.07) is 7.16. The third-order valence-corrected chi connectivity index (χ3v) is 3.72. The highest BCUT2D eigenvalue weighted by Gasteiger charge is 2.39. The van der Waals surface area contributed by atoms with Crippen LogP contribution in [0.2, 0.25) is 0 Å². The summed E-state index contributed by atoms with van der Waals surface area (Å²) in [6.07, 6.45) is 5.04. The summed E-state index contributed by atoms with van der Waals surface area (Å²) in [4.78, 5) is 22.8. The molecule has 0 aliphatic carbocycles. The molecule has 4 nitrogen and oxygen atoms in total. The minimum atomic E-state index is -1.03. The van der Waals surface area contributed by atoms with Gasteiger partial charge in [-0.3, -0.25) is 9.59 Å². The Balaban J connectivity index is 3.37. The molecule has 0 fully saturated rings. The van der Waals surface area contributed by atoms with E-state index in [1.54, 1.807) is 44.2 Å². The Morgan fingerprint density at radius 3 is 2.17 bits per heavy atom. The fourth-order valence-corrected chi connectivity index (χ4v) is 2.53. The largest absolute Gasteiger partial charge is 0.481 e. The number of carbonyl (C=O) groups excluding carboxylic acids is 1. The molecule has 1 atom stereocenters. The first kappa shape index (κ1) is 18.4. The van der Waals surface area contributed by atoms with E-state index in [4.69, 9.17) is 0 Å². The Morgan fingerprint density at radius 1 is 1.22 bits per heavy atom. The lowest BCUT2D eigenvalue weighted by molar-refractivity contribution is -0.147. The molecule has 0 aliphatic heterocycles. The van der Waals surface area contributed by atoms with Crippen molar-refractivity contribution in [2.75, 3.05) is 5.32 Å². The fraction of sp³-hybridized carbons (Fsp3) is 0.263. The number of allylic oxidation sites excluding steroid dienone is 4. The quantitative estimate of drug-likeness (QED) is 0.744. The van der Waals surface area contributed by atoms with Gasteiger partial charge in [0.1, 0.15) is 0 Å². The predicted molar refractivity (Wildman–Crippen MR) is 93.4 cm³/mol. The Kier molecular flexibility index (Phi) is 6.08. The summed E-state index contributed by atoms with van der Waals surface area (Å²) in [6.45, 7) is 12.3. The van der Waals surface area contributed by atoms with Crippen molar-refractivity contribution in [1.82, 2.24) is 0 Å². The lowest BCUT2D eigenvalue weighted by Gasteiger charge is -2.32. The first-order valence-corrected chi connectivity index (χ1v) is 7.30. The van der Waals surface area contributed by atoms with E-state index in [9.17, 15) is 14.7 Å². The normalized spacial score (nSPS) is 13.1. The first-order chi connectivity index (χ1) is 10.7. The third-order valence-electron chi connectivity index (χ3n) is 3.72. The minimum absolute atomic E-state index is 0.154. The van der Waals surface area contributed by atoms with Crippen LogP contribution in [0.5, 0.6) is 0 Å². The summed E-state index contributed by atoms with van der Waals surface area (Å²) >= 11 is 0. The monoisotopic (exact) mass is 313 g/mol. The van der Waals surface area contributed by atoms with Crippen LogP contribution in [0.25, 0.3) is 0 Å². The zero-order chi connectivity index (χ0) is 17.6. The SMILES string of the molecule is C=C/C=C(\C=C)C(c1ccc(NC(C)=O)cc1)C(C)(C)C(=O)O. The van der Waals surface area contributed by atoms with Gasteiger partial charge in [-0.1, -0.05) is 43.5 Å². The molecule has 0 radical (unpaired) electrons. The number of aliphatic carboxylic acids is 1. The summed E-state index contributed by atoms with van der Waals surface area (Å²) in [5.41, 5.74) is 1.25. The van der Waals surface area contributed by atoms with Gasteiger partial charge in [-0.25, -0.2) is 0 Å². The molecule has 23 heavy (non-hydrogen) atoms. The Bertz CT molecular complexity index is 639. The summed E-state index contributed by atoms with van der Waals surface area (Å²) in [7, 11) is 0. The van der Waals surface area contributed by atoms with Gasteiger partial charge in [0.15, 0.2) is 0 Å². The van der Waals surface area contributed by atoms with Gasteiger partial charge in [-0.05, 0) is 37.1 Å². The van der Waals surface area contributed by atoms with E-state index >= 15 is 0 Å². The van der Waals surface area contributed by atoms with Crippen molar-refractivity contribution in [2.45, 2.75) is 26.7 Å². The molecule has 1 rings (SSSR count). The maximum Gasteiger partial charge on any atom is 0.310 e. The van der Waals surface area contributed by atoms with Crippen LogP contribution in [0.3, 0.4) is 0 Å². The molecule has 0 aromatic heterocycles. The van der Waals surface area contributed by atoms with Crippen LogP contribution >= 0.6 is 0 Å². The van der Waals surface area contributed by atoms with Crippen LogP contribution in [0, 0.1) is 5.41 Å². The fourth-order valence-electron chi connectivity index (χ4n) is 2.53. The molecule has 0 spiro atoms. The highest BCUT2D eigenvalue weighted by Crippen LogP contribution is 2.42. The topological polar surface area (TPSA) is 66.4 Å². The number of amides is 1. The Hall–Kier alpha value is -2.62. The van der Waals surface area contributed by atoms with Crippen LogP contribution in [0.1, 0.15) is 32.3 Å². The molecule has 0 heterocycles. The Labute approximate surface area is 137 Å². The molecule has 1 aromatic carbocycles. The molecule has 1 aromatic rings. The second-order valence-corrected chi connectivity index (χ2v) is 5.87. The van der Waals surface area contributed by atoms with Crippen molar-refractivity contribution in [2.24, 2.45) is 5.41 Å². The zero-order valence-corrected chi connectivity index (χ0v) is 13.8. The number of nitrogens with one attached hydrogen (secondary N) is 1. The van der Waals surface area contributed by atoms with Crippen LogP contribution in [0.15, 0.2) is 61.2 Å². The first-order valence-electron chi connectivity index (χ1n) is 7.30. The van der Waals surface area contributed by atoms with Gasteiger partial charge in [-0.15, -0.1) is 0 Å². The van der Waals surface area contributed by atoms with Gasteiger partial charge >= 0.3 is 5.97 Å². The van der Waals surface area contributed by atoms with Crippen molar-refractivity contribution in [1.29, 1.82) is 0 Å². The van der Waals surface area contributed by atoms with E-state index in [0.717, 1.165) is 11.1 Å². The molecule has 1 amide bonds. The second-order valence-electron chi connectivity index (χ2n) is 5.87. The molecule has 0 saturated heterocycles. The van der Waals surface area contributed by atoms with Crippen LogP contribution in [-0.4, -0.2) is 17.0 Å². The highest BCUT2D eigenvalue weighted by atomic mass is 16.4. The molecule has 122 valence electrons. The molecule has 4 heteroatoms. The number of carboxylic acids is 1. The van der Waals surface area contributed by atoms with E-state index in [-0.39, 0.29) is 11.8 Å². The minimum Gasteiger partial charge on any atom is -0.481 e. The highest BCUT2D eigenvalue weighted by molar-refractivity contribution is 5.88. The van der Waals surface area contributed by atoms with E-state index in [1.807, 2.05) is 12.1 Å². The number of anilines is 1. The second kappa shape index (κ2) is 7.58. The van der Waals surface area contributed by atoms with E-state index in [1.165, 1.54) is 6.92 Å². The maximum atomic E-state index is 11.7. The van der Waals surface area contributed by atoms with Gasteiger partial charge < -0.3 is 10.4 Å². The van der Waals surface area contributed by atoms with Crippen molar-refractivity contribution in [3.05, 3.63) is 66.8 Å². The average molecular weight is 313 g/mol. The van der Waals surface area contributed by atoms with E-state index in [2.05, 4.69) is 18.5 Å². The molecule has 2 N–H and O–H groups in total. The van der Waals surface area contributed by atoms with Crippen LogP contribution in [0.4, 0.5) is 5.69 Å². The lowest BCUT2D eigenvalue weighted by Crippen LogP contribution is -2.32. The van der Waals surface area contributed by atoms with Gasteiger partial charge in [0, 0.05) is 18.5 Å². The van der Waals surface area contributed by atoms with Gasteiger partial charge in [0.2, 0.25) is 5.91 Å². The average Bonchev–Trinajstić information content (AvgIpc) is 2.47. The maximum absolute atomic E-state index is 11.7. The van der Waals surface area contributed by atoms with E-state index < -0.39 is 11.4 Å². The third kappa shape index (κ3) is 4.42. The lowest BCUT2D eigenvalue weighted by atomic mass is 9.70. The molecule has 1 unspecified atom stereocenters. The number of rotatable bonds is 7. The number of hydrogen-bond donors (Lipinski definition) is 2. The van der Waals surface area contributed by atoms with Crippen molar-refractivity contribution < 1.29 is 14.7 Å². The van der Waals surface area contributed by atoms with Crippen LogP contribution < -0.4 is 5.32 Å². The summed E-state index contributed by atoms with van der Waals surface area (Å²) in [5, 5.41) is 12.3. The van der Waals surface area contributed by atoms with Crippen molar-refractivity contribution >= 4 is 17.6 Å². The number of carboxylic acid groups (broad SMARTS) is 1. The molecule has 0 saturated carbocycles. The van der Waals surface area contributed by atoms with Crippen molar-refractivity contribution in [3.63, 3.8) is 0 Å². The van der Waals surface area contributed by atoms with Gasteiger partial charge in [0.05, 0.1) is 5.41 Å². The summed E-state index contributed by atoms with van der Waals surface area (Å²) < 4.78 is 0. The van der Waals surface area contributed by atoms with Gasteiger partial charge in [0.25, 0.3) is 0 Å². The Morgan fingerprint density at radius 2 is 1.78 bits per heavy atom. The van der Waals surface area contributed by atoms with Crippen molar-refractivity contribution in [3.8, 4) is 0 Å². The van der Waals surface area contributed by atoms with Gasteiger partial charge in [-0.2, -0.15) is 0 Å². The smallest absolute Gasteiger partial charge is 0.310 e. The number of carbonyl (C=O) groups is 2. The molecule has 0 bridgehead atoms.